The topological polar surface area (TPSA) is 84.2 Å². The number of hydrogen-bond donors (Lipinski definition) is 2. The number of H-pyrrole nitrogens is 1. The van der Waals surface area contributed by atoms with E-state index in [9.17, 15) is 4.79 Å². The number of aromatic nitrogens is 2. The number of nitrogens with one attached hydrogen (secondary N) is 1. The minimum absolute atomic E-state index is 0.222. The molecule has 1 saturated heterocycles. The highest BCUT2D eigenvalue weighted by Crippen LogP contribution is 2.25. The van der Waals surface area contributed by atoms with Crippen LogP contribution in [0.15, 0.2) is 11.1 Å². The van der Waals surface area contributed by atoms with Crippen molar-refractivity contribution in [3.05, 3.63) is 16.7 Å². The van der Waals surface area contributed by atoms with Crippen molar-refractivity contribution in [2.75, 3.05) is 25.1 Å². The van der Waals surface area contributed by atoms with E-state index in [1.54, 1.807) is 0 Å². The first-order chi connectivity index (χ1) is 8.13. The van der Waals surface area contributed by atoms with Gasteiger partial charge < -0.3 is 20.4 Å². The quantitative estimate of drug-likeness (QED) is 0.754. The first kappa shape index (κ1) is 11.9. The molecule has 0 spiro atoms. The largest absolute Gasteiger partial charge is 0.489 e. The van der Waals surface area contributed by atoms with Crippen LogP contribution in [0.25, 0.3) is 0 Å². The van der Waals surface area contributed by atoms with Gasteiger partial charge in [-0.1, -0.05) is 6.92 Å². The lowest BCUT2D eigenvalue weighted by atomic mass is 9.95. The Morgan fingerprint density at radius 1 is 1.65 bits per heavy atom. The van der Waals surface area contributed by atoms with Crippen molar-refractivity contribution in [2.45, 2.75) is 19.4 Å². The molecule has 6 heteroatoms. The van der Waals surface area contributed by atoms with Crippen molar-refractivity contribution in [2.24, 2.45) is 11.7 Å². The van der Waals surface area contributed by atoms with Crippen LogP contribution in [0.5, 0.6) is 5.75 Å². The monoisotopic (exact) mass is 238 g/mol. The van der Waals surface area contributed by atoms with Crippen LogP contribution in [-0.2, 0) is 0 Å². The minimum atomic E-state index is -0.250. The van der Waals surface area contributed by atoms with Gasteiger partial charge in [0.05, 0.1) is 13.4 Å². The van der Waals surface area contributed by atoms with Crippen molar-refractivity contribution in [1.29, 1.82) is 0 Å². The molecule has 2 atom stereocenters. The van der Waals surface area contributed by atoms with Crippen molar-refractivity contribution >= 4 is 5.82 Å². The molecular formula is C11H18N4O2. The molecule has 0 aliphatic carbocycles. The summed E-state index contributed by atoms with van der Waals surface area (Å²) < 4.78 is 5.11. The maximum atomic E-state index is 11.6. The Morgan fingerprint density at radius 3 is 3.06 bits per heavy atom. The summed E-state index contributed by atoms with van der Waals surface area (Å²) in [5.74, 6) is 1.26. The molecule has 1 aliphatic rings. The van der Waals surface area contributed by atoms with Crippen LogP contribution < -0.4 is 20.9 Å². The number of anilines is 1. The number of piperidine rings is 1. The van der Waals surface area contributed by atoms with Crippen LogP contribution in [0.3, 0.4) is 0 Å². The standard InChI is InChI=1S/C11H18N4O2/c1-7-5-15(4-3-8(7)12)10-9(17-2)11(16)14-6-13-10/h6-8H,3-5,12H2,1-2H3,(H,13,14,16). The number of nitrogens with zero attached hydrogens (tertiary/aromatic N) is 2. The van der Waals surface area contributed by atoms with Crippen molar-refractivity contribution in [3.8, 4) is 5.75 Å². The van der Waals surface area contributed by atoms with E-state index in [0.717, 1.165) is 19.5 Å². The molecule has 17 heavy (non-hydrogen) atoms. The van der Waals surface area contributed by atoms with Crippen molar-refractivity contribution < 1.29 is 4.74 Å². The molecule has 2 unspecified atom stereocenters. The van der Waals surface area contributed by atoms with Gasteiger partial charge in [0.15, 0.2) is 5.82 Å². The highest BCUT2D eigenvalue weighted by Gasteiger charge is 2.26. The first-order valence-corrected chi connectivity index (χ1v) is 5.75. The number of aromatic amines is 1. The second kappa shape index (κ2) is 4.75. The van der Waals surface area contributed by atoms with E-state index in [2.05, 4.69) is 21.8 Å². The fourth-order valence-electron chi connectivity index (χ4n) is 2.14. The van der Waals surface area contributed by atoms with E-state index in [1.165, 1.54) is 13.4 Å². The molecule has 3 N–H and O–H groups in total. The van der Waals surface area contributed by atoms with Gasteiger partial charge in [0.25, 0.3) is 5.56 Å². The number of hydrogen-bond acceptors (Lipinski definition) is 5. The lowest BCUT2D eigenvalue weighted by Crippen LogP contribution is -2.46. The molecule has 0 aromatic carbocycles. The maximum absolute atomic E-state index is 11.6. The fraction of sp³-hybridized carbons (Fsp3) is 0.636. The zero-order valence-corrected chi connectivity index (χ0v) is 10.1. The molecule has 2 rings (SSSR count). The average molecular weight is 238 g/mol. The van der Waals surface area contributed by atoms with Gasteiger partial charge in [-0.15, -0.1) is 0 Å². The lowest BCUT2D eigenvalue weighted by Gasteiger charge is -2.36. The number of methoxy groups -OCH3 is 1. The van der Waals surface area contributed by atoms with E-state index < -0.39 is 0 Å². The molecule has 1 fully saturated rings. The molecule has 0 radical (unpaired) electrons. The summed E-state index contributed by atoms with van der Waals surface area (Å²) in [6, 6.07) is 0.222. The molecule has 0 amide bonds. The van der Waals surface area contributed by atoms with E-state index in [1.807, 2.05) is 0 Å². The van der Waals surface area contributed by atoms with Crippen molar-refractivity contribution in [1.82, 2.24) is 9.97 Å². The molecule has 1 aliphatic heterocycles. The second-order valence-corrected chi connectivity index (χ2v) is 4.46. The highest BCUT2D eigenvalue weighted by molar-refractivity contribution is 5.51. The SMILES string of the molecule is COc1c(N2CCC(N)C(C)C2)nc[nH]c1=O. The first-order valence-electron chi connectivity index (χ1n) is 5.75. The van der Waals surface area contributed by atoms with Gasteiger partial charge in [-0.2, -0.15) is 0 Å². The van der Waals surface area contributed by atoms with Gasteiger partial charge in [0, 0.05) is 19.1 Å². The summed E-state index contributed by atoms with van der Waals surface area (Å²) in [7, 11) is 1.48. The Hall–Kier alpha value is -1.56. The minimum Gasteiger partial charge on any atom is -0.489 e. The van der Waals surface area contributed by atoms with Crippen LogP contribution in [0.2, 0.25) is 0 Å². The third-order valence-corrected chi connectivity index (χ3v) is 3.27. The Labute approximate surface area is 99.8 Å². The van der Waals surface area contributed by atoms with Crippen LogP contribution in [0, 0.1) is 5.92 Å². The molecule has 0 saturated carbocycles. The highest BCUT2D eigenvalue weighted by atomic mass is 16.5. The van der Waals surface area contributed by atoms with E-state index in [0.29, 0.717) is 11.7 Å². The van der Waals surface area contributed by atoms with Crippen molar-refractivity contribution in [3.63, 3.8) is 0 Å². The molecule has 94 valence electrons. The second-order valence-electron chi connectivity index (χ2n) is 4.46. The lowest BCUT2D eigenvalue weighted by molar-refractivity contribution is 0.370. The maximum Gasteiger partial charge on any atom is 0.295 e. The fourth-order valence-corrected chi connectivity index (χ4v) is 2.14. The summed E-state index contributed by atoms with van der Waals surface area (Å²) in [5, 5.41) is 0. The van der Waals surface area contributed by atoms with E-state index in [4.69, 9.17) is 10.5 Å². The Bertz CT molecular complexity index is 445. The number of ether oxygens (including phenoxy) is 1. The van der Waals surface area contributed by atoms with Gasteiger partial charge in [0.1, 0.15) is 0 Å². The molecule has 2 heterocycles. The van der Waals surface area contributed by atoms with E-state index in [-0.39, 0.29) is 17.4 Å². The zero-order valence-electron chi connectivity index (χ0n) is 10.1. The molecule has 6 nitrogen and oxygen atoms in total. The Kier molecular flexibility index (Phi) is 3.33. The van der Waals surface area contributed by atoms with Crippen LogP contribution >= 0.6 is 0 Å². The Balaban J connectivity index is 2.29. The normalized spacial score (nSPS) is 24.8. The summed E-state index contributed by atoms with van der Waals surface area (Å²) in [4.78, 5) is 20.4. The molecule has 1 aromatic rings. The van der Waals surface area contributed by atoms with Crippen LogP contribution in [-0.4, -0.2) is 36.2 Å². The number of rotatable bonds is 2. The Morgan fingerprint density at radius 2 is 2.41 bits per heavy atom. The smallest absolute Gasteiger partial charge is 0.295 e. The van der Waals surface area contributed by atoms with Gasteiger partial charge in [-0.05, 0) is 12.3 Å². The summed E-state index contributed by atoms with van der Waals surface area (Å²) in [5.41, 5.74) is 5.72. The molecule has 0 bridgehead atoms. The predicted octanol–water partition coefficient (Wildman–Crippen LogP) is -0.0480. The average Bonchev–Trinajstić information content (AvgIpc) is 2.32. The van der Waals surface area contributed by atoms with Gasteiger partial charge >= 0.3 is 0 Å². The zero-order chi connectivity index (χ0) is 12.4. The molecular weight excluding hydrogens is 220 g/mol. The van der Waals surface area contributed by atoms with Crippen LogP contribution in [0.1, 0.15) is 13.3 Å². The van der Waals surface area contributed by atoms with Crippen LogP contribution in [0.4, 0.5) is 5.82 Å². The summed E-state index contributed by atoms with van der Waals surface area (Å²) in [6.45, 7) is 3.71. The van der Waals surface area contributed by atoms with Gasteiger partial charge in [-0.3, -0.25) is 4.79 Å². The predicted molar refractivity (Wildman–Crippen MR) is 65.4 cm³/mol. The number of nitrogens with two attached hydrogens (primary N) is 1. The van der Waals surface area contributed by atoms with E-state index >= 15 is 0 Å². The third kappa shape index (κ3) is 2.26. The summed E-state index contributed by atoms with van der Waals surface area (Å²) >= 11 is 0. The molecule has 1 aromatic heterocycles. The van der Waals surface area contributed by atoms with Gasteiger partial charge in [0.2, 0.25) is 5.75 Å². The third-order valence-electron chi connectivity index (χ3n) is 3.27. The summed E-state index contributed by atoms with van der Waals surface area (Å²) in [6.07, 6.45) is 2.30. The van der Waals surface area contributed by atoms with Gasteiger partial charge in [-0.25, -0.2) is 4.98 Å².